The second kappa shape index (κ2) is 5.03. The number of hydrogen-bond donors (Lipinski definition) is 1. The van der Waals surface area contributed by atoms with Gasteiger partial charge in [-0.25, -0.2) is 0 Å². The van der Waals surface area contributed by atoms with E-state index in [0.717, 1.165) is 19.3 Å². The molecule has 1 aliphatic carbocycles. The molecule has 1 fully saturated rings. The average Bonchev–Trinajstić information content (AvgIpc) is 2.17. The van der Waals surface area contributed by atoms with Gasteiger partial charge in [-0.1, -0.05) is 19.3 Å². The third kappa shape index (κ3) is 3.66. The van der Waals surface area contributed by atoms with E-state index in [4.69, 9.17) is 5.11 Å². The average molecular weight is 240 g/mol. The van der Waals surface area contributed by atoms with Crippen molar-refractivity contribution in [3.05, 3.63) is 0 Å². The fourth-order valence-corrected chi connectivity index (χ4v) is 2.16. The molecule has 1 aliphatic rings. The first kappa shape index (κ1) is 13.3. The van der Waals surface area contributed by atoms with E-state index in [9.17, 15) is 18.0 Å². The molecule has 1 rings (SSSR count). The molecule has 0 aromatic rings. The van der Waals surface area contributed by atoms with Gasteiger partial charge in [0.05, 0.1) is 12.0 Å². The van der Waals surface area contributed by atoms with Crippen LogP contribution in [0.25, 0.3) is 0 Å². The van der Waals surface area contributed by atoms with Crippen molar-refractivity contribution < 1.29 is 27.8 Å². The number of carboxylic acid groups (broad SMARTS) is 1. The Morgan fingerprint density at radius 2 is 1.81 bits per heavy atom. The Bertz CT molecular complexity index is 244. The third-order valence-corrected chi connectivity index (χ3v) is 3.11. The van der Waals surface area contributed by atoms with Gasteiger partial charge in [-0.3, -0.25) is 9.53 Å². The molecule has 0 saturated heterocycles. The normalized spacial score (nSPS) is 20.7. The number of aliphatic carboxylic acids is 1. The summed E-state index contributed by atoms with van der Waals surface area (Å²) in [7, 11) is 0. The standard InChI is InChI=1S/C10H15F3O3/c11-10(12,13)16-7-6-9(8(14)15)4-2-1-3-5-9/h1-7H2,(H,14,15). The quantitative estimate of drug-likeness (QED) is 0.821. The fraction of sp³-hybridized carbons (Fsp3) is 0.900. The molecule has 0 aromatic carbocycles. The Kier molecular flexibility index (Phi) is 4.18. The smallest absolute Gasteiger partial charge is 0.481 e. The first-order chi connectivity index (χ1) is 7.36. The van der Waals surface area contributed by atoms with Gasteiger partial charge in [0.15, 0.2) is 0 Å². The van der Waals surface area contributed by atoms with Gasteiger partial charge >= 0.3 is 12.3 Å². The number of hydrogen-bond acceptors (Lipinski definition) is 2. The zero-order valence-electron chi connectivity index (χ0n) is 8.85. The molecule has 3 nitrogen and oxygen atoms in total. The Morgan fingerprint density at radius 3 is 2.25 bits per heavy atom. The molecule has 6 heteroatoms. The molecule has 94 valence electrons. The van der Waals surface area contributed by atoms with Gasteiger partial charge in [0.1, 0.15) is 0 Å². The summed E-state index contributed by atoms with van der Waals surface area (Å²) in [6.45, 7) is -0.574. The van der Waals surface area contributed by atoms with Crippen molar-refractivity contribution in [1.82, 2.24) is 0 Å². The van der Waals surface area contributed by atoms with Crippen LogP contribution in [0.5, 0.6) is 0 Å². The van der Waals surface area contributed by atoms with Crippen molar-refractivity contribution in [2.75, 3.05) is 6.61 Å². The van der Waals surface area contributed by atoms with Crippen LogP contribution in [0.1, 0.15) is 38.5 Å². The lowest BCUT2D eigenvalue weighted by atomic mass is 9.72. The van der Waals surface area contributed by atoms with Crippen LogP contribution in [0.4, 0.5) is 13.2 Å². The summed E-state index contributed by atoms with van der Waals surface area (Å²) in [6.07, 6.45) is -1.37. The first-order valence-corrected chi connectivity index (χ1v) is 5.30. The van der Waals surface area contributed by atoms with Crippen LogP contribution in [-0.2, 0) is 9.53 Å². The summed E-state index contributed by atoms with van der Waals surface area (Å²) < 4.78 is 38.9. The minimum Gasteiger partial charge on any atom is -0.481 e. The Morgan fingerprint density at radius 1 is 1.25 bits per heavy atom. The summed E-state index contributed by atoms with van der Waals surface area (Å²) >= 11 is 0. The number of carboxylic acids is 1. The lowest BCUT2D eigenvalue weighted by molar-refractivity contribution is -0.326. The summed E-state index contributed by atoms with van der Waals surface area (Å²) in [5.41, 5.74) is -1.01. The molecule has 1 saturated carbocycles. The molecule has 0 amide bonds. The van der Waals surface area contributed by atoms with Crippen LogP contribution in [0.3, 0.4) is 0 Å². The van der Waals surface area contributed by atoms with E-state index < -0.39 is 24.4 Å². The molecule has 0 atom stereocenters. The summed E-state index contributed by atoms with van der Waals surface area (Å²) in [6, 6.07) is 0. The van der Waals surface area contributed by atoms with Crippen LogP contribution < -0.4 is 0 Å². The Labute approximate surface area is 91.6 Å². The lowest BCUT2D eigenvalue weighted by Crippen LogP contribution is -2.35. The third-order valence-electron chi connectivity index (χ3n) is 3.11. The number of ether oxygens (including phenoxy) is 1. The highest BCUT2D eigenvalue weighted by molar-refractivity contribution is 5.74. The molecule has 0 radical (unpaired) electrons. The van der Waals surface area contributed by atoms with E-state index in [1.165, 1.54) is 0 Å². The van der Waals surface area contributed by atoms with Crippen molar-refractivity contribution in [2.45, 2.75) is 44.9 Å². The van der Waals surface area contributed by atoms with Gasteiger partial charge in [-0.15, -0.1) is 13.2 Å². The predicted octanol–water partition coefficient (Wildman–Crippen LogP) is 2.95. The molecular formula is C10H15F3O3. The van der Waals surface area contributed by atoms with E-state index >= 15 is 0 Å². The molecule has 0 spiro atoms. The van der Waals surface area contributed by atoms with E-state index in [1.807, 2.05) is 0 Å². The van der Waals surface area contributed by atoms with Crippen molar-refractivity contribution >= 4 is 5.97 Å². The highest BCUT2D eigenvalue weighted by atomic mass is 19.4. The molecule has 16 heavy (non-hydrogen) atoms. The van der Waals surface area contributed by atoms with Gasteiger partial charge in [-0.2, -0.15) is 0 Å². The van der Waals surface area contributed by atoms with E-state index in [2.05, 4.69) is 4.74 Å². The van der Waals surface area contributed by atoms with Gasteiger partial charge in [0.25, 0.3) is 0 Å². The Hall–Kier alpha value is -0.780. The largest absolute Gasteiger partial charge is 0.522 e. The Balaban J connectivity index is 2.48. The van der Waals surface area contributed by atoms with Crippen LogP contribution in [0, 0.1) is 5.41 Å². The second-order valence-electron chi connectivity index (χ2n) is 4.19. The van der Waals surface area contributed by atoms with E-state index in [1.54, 1.807) is 0 Å². The van der Waals surface area contributed by atoms with Crippen LogP contribution in [-0.4, -0.2) is 24.0 Å². The minimum atomic E-state index is -4.67. The predicted molar refractivity (Wildman–Crippen MR) is 49.8 cm³/mol. The molecule has 0 aromatic heterocycles. The molecule has 0 aliphatic heterocycles. The number of rotatable bonds is 4. The summed E-state index contributed by atoms with van der Waals surface area (Å²) in [5, 5.41) is 9.08. The minimum absolute atomic E-state index is 0.0676. The maximum Gasteiger partial charge on any atom is 0.522 e. The van der Waals surface area contributed by atoms with Gasteiger partial charge in [-0.05, 0) is 19.3 Å². The lowest BCUT2D eigenvalue weighted by Gasteiger charge is -2.33. The van der Waals surface area contributed by atoms with Crippen LogP contribution in [0.2, 0.25) is 0 Å². The summed E-state index contributed by atoms with van der Waals surface area (Å²) in [5.74, 6) is -1.00. The molecule has 0 heterocycles. The topological polar surface area (TPSA) is 46.5 Å². The van der Waals surface area contributed by atoms with E-state index in [-0.39, 0.29) is 6.42 Å². The van der Waals surface area contributed by atoms with E-state index in [0.29, 0.717) is 12.8 Å². The second-order valence-corrected chi connectivity index (χ2v) is 4.19. The zero-order chi connectivity index (χ0) is 12.2. The zero-order valence-corrected chi connectivity index (χ0v) is 8.85. The summed E-state index contributed by atoms with van der Waals surface area (Å²) in [4.78, 5) is 11.1. The van der Waals surface area contributed by atoms with Gasteiger partial charge in [0, 0.05) is 0 Å². The number of carbonyl (C=O) groups is 1. The number of alkyl halides is 3. The number of halogens is 3. The van der Waals surface area contributed by atoms with Crippen molar-refractivity contribution in [2.24, 2.45) is 5.41 Å². The van der Waals surface area contributed by atoms with Crippen LogP contribution >= 0.6 is 0 Å². The van der Waals surface area contributed by atoms with Crippen molar-refractivity contribution in [3.8, 4) is 0 Å². The molecule has 0 bridgehead atoms. The van der Waals surface area contributed by atoms with Gasteiger partial charge < -0.3 is 5.11 Å². The molecule has 0 unspecified atom stereocenters. The van der Waals surface area contributed by atoms with Crippen LogP contribution in [0.15, 0.2) is 0 Å². The van der Waals surface area contributed by atoms with Crippen molar-refractivity contribution in [3.63, 3.8) is 0 Å². The highest BCUT2D eigenvalue weighted by Crippen LogP contribution is 2.40. The highest BCUT2D eigenvalue weighted by Gasteiger charge is 2.40. The maximum atomic E-state index is 11.8. The maximum absolute atomic E-state index is 11.8. The molecular weight excluding hydrogens is 225 g/mol. The SMILES string of the molecule is O=C(O)C1(CCOC(F)(F)F)CCCCC1. The van der Waals surface area contributed by atoms with Gasteiger partial charge in [0.2, 0.25) is 0 Å². The first-order valence-electron chi connectivity index (χ1n) is 5.30. The fourth-order valence-electron chi connectivity index (χ4n) is 2.16. The molecule has 1 N–H and O–H groups in total. The monoisotopic (exact) mass is 240 g/mol. The van der Waals surface area contributed by atoms with Crippen molar-refractivity contribution in [1.29, 1.82) is 0 Å².